The summed E-state index contributed by atoms with van der Waals surface area (Å²) in [6, 6.07) is 10.0. The topological polar surface area (TPSA) is 84.9 Å². The summed E-state index contributed by atoms with van der Waals surface area (Å²) in [6.45, 7) is 3.61. The lowest BCUT2D eigenvalue weighted by Gasteiger charge is -2.26. The molecule has 3 aromatic carbocycles. The molecule has 9 heteroatoms. The van der Waals surface area contributed by atoms with Crippen molar-refractivity contribution >= 4 is 16.7 Å². The van der Waals surface area contributed by atoms with E-state index in [4.69, 9.17) is 33.2 Å². The van der Waals surface area contributed by atoms with Crippen molar-refractivity contribution in [2.45, 2.75) is 31.6 Å². The number of fused-ring (bicyclic) bond motifs is 5. The summed E-state index contributed by atoms with van der Waals surface area (Å²) in [5.41, 5.74) is 2.82. The van der Waals surface area contributed by atoms with E-state index >= 15 is 0 Å². The first kappa shape index (κ1) is 23.4. The number of benzene rings is 3. The van der Waals surface area contributed by atoms with Gasteiger partial charge in [-0.25, -0.2) is 4.79 Å². The van der Waals surface area contributed by atoms with E-state index in [0.29, 0.717) is 53.1 Å². The van der Waals surface area contributed by atoms with Crippen molar-refractivity contribution in [3.8, 4) is 39.9 Å². The smallest absolute Gasteiger partial charge is 0.339 e. The van der Waals surface area contributed by atoms with Crippen LogP contribution >= 0.6 is 0 Å². The van der Waals surface area contributed by atoms with Crippen molar-refractivity contribution in [3.05, 3.63) is 41.5 Å². The Kier molecular flexibility index (Phi) is 5.70. The predicted molar refractivity (Wildman–Crippen MR) is 138 cm³/mol. The van der Waals surface area contributed by atoms with Gasteiger partial charge in [0.05, 0.1) is 39.1 Å². The Bertz CT molecular complexity index is 1440. The minimum Gasteiger partial charge on any atom is -0.493 e. The first-order chi connectivity index (χ1) is 18.6. The lowest BCUT2D eigenvalue weighted by molar-refractivity contribution is 0.0288. The van der Waals surface area contributed by atoms with Crippen LogP contribution < -0.4 is 23.7 Å². The SMILES string of the molecule is COc1cc2c(OCCCN3CC4CC3CO4)c3c(c(-c4ccc5c(c4)OCO5)c2cc1OC)C(=O)OC3. The molecule has 4 aliphatic rings. The lowest BCUT2D eigenvalue weighted by atomic mass is 9.89. The highest BCUT2D eigenvalue weighted by Gasteiger charge is 2.38. The molecule has 9 nitrogen and oxygen atoms in total. The average Bonchev–Trinajstić information content (AvgIpc) is 3.75. The Balaban J connectivity index is 1.31. The Labute approximate surface area is 220 Å². The van der Waals surface area contributed by atoms with E-state index in [1.54, 1.807) is 14.2 Å². The zero-order chi connectivity index (χ0) is 25.8. The van der Waals surface area contributed by atoms with Gasteiger partial charge in [-0.2, -0.15) is 0 Å². The van der Waals surface area contributed by atoms with Gasteiger partial charge in [0.25, 0.3) is 0 Å². The number of esters is 1. The first-order valence-corrected chi connectivity index (χ1v) is 12.9. The molecule has 0 spiro atoms. The largest absolute Gasteiger partial charge is 0.493 e. The fraction of sp³-hybridized carbons (Fsp3) is 0.414. The van der Waals surface area contributed by atoms with Gasteiger partial charge in [-0.3, -0.25) is 4.90 Å². The summed E-state index contributed by atoms with van der Waals surface area (Å²) < 4.78 is 40.1. The molecule has 198 valence electrons. The van der Waals surface area contributed by atoms with Gasteiger partial charge in [-0.15, -0.1) is 0 Å². The summed E-state index contributed by atoms with van der Waals surface area (Å²) in [4.78, 5) is 15.6. The van der Waals surface area contributed by atoms with Crippen LogP contribution in [0.1, 0.15) is 28.8 Å². The number of cyclic esters (lactones) is 1. The second kappa shape index (κ2) is 9.25. The molecule has 0 aliphatic carbocycles. The molecule has 2 fully saturated rings. The summed E-state index contributed by atoms with van der Waals surface area (Å²) >= 11 is 0. The fourth-order valence-corrected chi connectivity index (χ4v) is 6.12. The molecule has 0 saturated carbocycles. The molecule has 2 atom stereocenters. The van der Waals surface area contributed by atoms with Crippen LogP contribution in [0.4, 0.5) is 0 Å². The van der Waals surface area contributed by atoms with Gasteiger partial charge in [0, 0.05) is 35.6 Å². The van der Waals surface area contributed by atoms with E-state index in [1.165, 1.54) is 0 Å². The Morgan fingerprint density at radius 3 is 2.55 bits per heavy atom. The van der Waals surface area contributed by atoms with Crippen molar-refractivity contribution in [2.24, 2.45) is 0 Å². The molecule has 4 aliphatic heterocycles. The van der Waals surface area contributed by atoms with E-state index in [1.807, 2.05) is 30.3 Å². The van der Waals surface area contributed by atoms with Crippen LogP contribution in [0.5, 0.6) is 28.7 Å². The fourth-order valence-electron chi connectivity index (χ4n) is 6.12. The third kappa shape index (κ3) is 3.72. The van der Waals surface area contributed by atoms with Gasteiger partial charge < -0.3 is 33.2 Å². The minimum atomic E-state index is -0.373. The van der Waals surface area contributed by atoms with Crippen LogP contribution in [0.15, 0.2) is 30.3 Å². The molecule has 0 amide bonds. The van der Waals surface area contributed by atoms with Gasteiger partial charge in [0.1, 0.15) is 12.4 Å². The third-order valence-electron chi connectivity index (χ3n) is 7.93. The van der Waals surface area contributed by atoms with Crippen molar-refractivity contribution in [3.63, 3.8) is 0 Å². The number of morpholine rings is 1. The van der Waals surface area contributed by atoms with Gasteiger partial charge in [0.2, 0.25) is 6.79 Å². The highest BCUT2D eigenvalue weighted by molar-refractivity contribution is 6.14. The molecule has 38 heavy (non-hydrogen) atoms. The van der Waals surface area contributed by atoms with Gasteiger partial charge in [-0.1, -0.05) is 6.07 Å². The monoisotopic (exact) mass is 519 g/mol. The first-order valence-electron chi connectivity index (χ1n) is 12.9. The Morgan fingerprint density at radius 2 is 1.79 bits per heavy atom. The summed E-state index contributed by atoms with van der Waals surface area (Å²) in [5, 5.41) is 1.64. The summed E-state index contributed by atoms with van der Waals surface area (Å²) in [5.74, 6) is 2.73. The standard InChI is InChI=1S/C29H29NO8/c1-32-23-10-19-20(11-24(23)33-2)28(34-7-3-6-30-12-18-9-17(30)13-35-18)21-14-36-29(31)27(21)26(19)16-4-5-22-25(8-16)38-15-37-22/h4-5,8,10-11,17-18H,3,6-7,9,12-15H2,1-2H3. The quantitative estimate of drug-likeness (QED) is 0.322. The molecular formula is C29H29NO8. The van der Waals surface area contributed by atoms with E-state index in [9.17, 15) is 4.79 Å². The zero-order valence-electron chi connectivity index (χ0n) is 21.4. The predicted octanol–water partition coefficient (Wildman–Crippen LogP) is 4.17. The van der Waals surface area contributed by atoms with Crippen LogP contribution in [-0.4, -0.2) is 70.3 Å². The molecule has 2 unspecified atom stereocenters. The zero-order valence-corrected chi connectivity index (χ0v) is 21.4. The number of nitrogens with zero attached hydrogens (tertiary/aromatic N) is 1. The highest BCUT2D eigenvalue weighted by atomic mass is 16.7. The highest BCUT2D eigenvalue weighted by Crippen LogP contribution is 2.49. The van der Waals surface area contributed by atoms with Crippen LogP contribution in [0.3, 0.4) is 0 Å². The number of methoxy groups -OCH3 is 2. The molecule has 0 radical (unpaired) electrons. The van der Waals surface area contributed by atoms with E-state index < -0.39 is 0 Å². The van der Waals surface area contributed by atoms with E-state index in [0.717, 1.165) is 60.0 Å². The maximum Gasteiger partial charge on any atom is 0.339 e. The lowest BCUT2D eigenvalue weighted by Crippen LogP contribution is -2.37. The van der Waals surface area contributed by atoms with Crippen LogP contribution in [-0.2, 0) is 16.1 Å². The Morgan fingerprint density at radius 1 is 0.974 bits per heavy atom. The number of hydrogen-bond donors (Lipinski definition) is 0. The van der Waals surface area contributed by atoms with Crippen molar-refractivity contribution in [2.75, 3.05) is 47.3 Å². The molecular weight excluding hydrogens is 490 g/mol. The van der Waals surface area contributed by atoms with Gasteiger partial charge in [0.15, 0.2) is 23.0 Å². The maximum absolute atomic E-state index is 13.1. The molecule has 3 aromatic rings. The van der Waals surface area contributed by atoms with Gasteiger partial charge >= 0.3 is 5.97 Å². The van der Waals surface area contributed by atoms with Crippen molar-refractivity contribution < 1.29 is 38.0 Å². The second-order valence-corrected chi connectivity index (χ2v) is 10.00. The maximum atomic E-state index is 13.1. The van der Waals surface area contributed by atoms with E-state index in [2.05, 4.69) is 4.90 Å². The molecule has 0 aromatic heterocycles. The number of hydrogen-bond acceptors (Lipinski definition) is 9. The van der Waals surface area contributed by atoms with Crippen LogP contribution in [0.25, 0.3) is 21.9 Å². The van der Waals surface area contributed by atoms with Crippen LogP contribution in [0, 0.1) is 0 Å². The molecule has 2 bridgehead atoms. The number of carbonyl (C=O) groups excluding carboxylic acids is 1. The van der Waals surface area contributed by atoms with Crippen molar-refractivity contribution in [1.29, 1.82) is 0 Å². The number of ether oxygens (including phenoxy) is 7. The number of likely N-dealkylation sites (tertiary alicyclic amines) is 1. The normalized spacial score (nSPS) is 21.2. The second-order valence-electron chi connectivity index (χ2n) is 10.00. The summed E-state index contributed by atoms with van der Waals surface area (Å²) in [7, 11) is 3.20. The molecule has 4 heterocycles. The minimum absolute atomic E-state index is 0.151. The third-order valence-corrected chi connectivity index (χ3v) is 7.93. The average molecular weight is 520 g/mol. The van der Waals surface area contributed by atoms with Crippen molar-refractivity contribution in [1.82, 2.24) is 4.90 Å². The Hall–Kier alpha value is -3.69. The molecule has 0 N–H and O–H groups in total. The summed E-state index contributed by atoms with van der Waals surface area (Å²) in [6.07, 6.45) is 2.37. The van der Waals surface area contributed by atoms with Crippen LogP contribution in [0.2, 0.25) is 0 Å². The van der Waals surface area contributed by atoms with E-state index in [-0.39, 0.29) is 19.4 Å². The van der Waals surface area contributed by atoms with Gasteiger partial charge in [-0.05, 0) is 48.1 Å². The number of rotatable bonds is 8. The number of carbonyl (C=O) groups is 1. The molecule has 2 saturated heterocycles. The molecule has 7 rings (SSSR count).